The number of nitrogens with one attached hydrogen (secondary N) is 1. The molecular weight excluding hydrogens is 252 g/mol. The molecule has 17 heavy (non-hydrogen) atoms. The highest BCUT2D eigenvalue weighted by molar-refractivity contribution is 7.88. The van der Waals surface area contributed by atoms with Crippen LogP contribution in [0.25, 0.3) is 0 Å². The van der Waals surface area contributed by atoms with E-state index in [2.05, 4.69) is 5.43 Å². The summed E-state index contributed by atoms with van der Waals surface area (Å²) in [6.45, 7) is 0.786. The first-order chi connectivity index (χ1) is 7.84. The van der Waals surface area contributed by atoms with Gasteiger partial charge in [-0.2, -0.15) is 0 Å². The predicted octanol–water partition coefficient (Wildman–Crippen LogP) is 0.145. The van der Waals surface area contributed by atoms with Crippen LogP contribution < -0.4 is 11.3 Å². The van der Waals surface area contributed by atoms with E-state index in [0.29, 0.717) is 19.5 Å². The smallest absolute Gasteiger partial charge is 0.255 e. The maximum absolute atomic E-state index is 12.5. The molecule has 0 aliphatic carbocycles. The summed E-state index contributed by atoms with van der Waals surface area (Å²) in [6.07, 6.45) is 0.268. The first kappa shape index (κ1) is 14.7. The molecule has 102 valence electrons. The minimum absolute atomic E-state index is 0.0616. The summed E-state index contributed by atoms with van der Waals surface area (Å²) in [6, 6.07) is -1.07. The molecule has 5 nitrogen and oxygen atoms in total. The average molecular weight is 271 g/mol. The molecule has 0 bridgehead atoms. The molecule has 0 saturated carbocycles. The molecular formula is C9H19F2N3O2S. The van der Waals surface area contributed by atoms with Gasteiger partial charge >= 0.3 is 0 Å². The Bertz CT molecular complexity index is 337. The quantitative estimate of drug-likeness (QED) is 0.551. The summed E-state index contributed by atoms with van der Waals surface area (Å²) >= 11 is 0. The van der Waals surface area contributed by atoms with Crippen molar-refractivity contribution in [3.8, 4) is 0 Å². The lowest BCUT2D eigenvalue weighted by atomic mass is 9.93. The van der Waals surface area contributed by atoms with Gasteiger partial charge in [0, 0.05) is 13.1 Å². The number of hydrogen-bond acceptors (Lipinski definition) is 4. The van der Waals surface area contributed by atoms with Gasteiger partial charge in [0.1, 0.15) is 0 Å². The summed E-state index contributed by atoms with van der Waals surface area (Å²) in [5, 5.41) is 0. The molecule has 1 saturated heterocycles. The first-order valence-electron chi connectivity index (χ1n) is 5.54. The van der Waals surface area contributed by atoms with Crippen molar-refractivity contribution < 1.29 is 17.2 Å². The largest absolute Gasteiger partial charge is 0.271 e. The zero-order valence-corrected chi connectivity index (χ0v) is 10.6. The Kier molecular flexibility index (Phi) is 5.23. The predicted molar refractivity (Wildman–Crippen MR) is 60.9 cm³/mol. The molecule has 0 aromatic heterocycles. The van der Waals surface area contributed by atoms with Crippen LogP contribution in [0.1, 0.15) is 19.3 Å². The summed E-state index contributed by atoms with van der Waals surface area (Å²) in [7, 11) is -3.23. The van der Waals surface area contributed by atoms with Crippen molar-refractivity contribution in [3.05, 3.63) is 0 Å². The van der Waals surface area contributed by atoms with Gasteiger partial charge in [-0.3, -0.25) is 11.3 Å². The van der Waals surface area contributed by atoms with Crippen molar-refractivity contribution in [2.75, 3.05) is 19.3 Å². The lowest BCUT2D eigenvalue weighted by Gasteiger charge is -2.32. The lowest BCUT2D eigenvalue weighted by molar-refractivity contribution is 0.0792. The van der Waals surface area contributed by atoms with Crippen LogP contribution in [0.2, 0.25) is 0 Å². The molecule has 8 heteroatoms. The van der Waals surface area contributed by atoms with E-state index in [-0.39, 0.29) is 12.3 Å². The molecule has 0 aromatic carbocycles. The Morgan fingerprint density at radius 3 is 2.65 bits per heavy atom. The number of hydrazine groups is 1. The van der Waals surface area contributed by atoms with Crippen molar-refractivity contribution >= 4 is 10.0 Å². The van der Waals surface area contributed by atoms with Crippen LogP contribution in [0, 0.1) is 5.92 Å². The highest BCUT2D eigenvalue weighted by Crippen LogP contribution is 2.24. The van der Waals surface area contributed by atoms with E-state index >= 15 is 0 Å². The van der Waals surface area contributed by atoms with Gasteiger partial charge in [0.25, 0.3) is 6.43 Å². The second kappa shape index (κ2) is 6.03. The Balaban J connectivity index is 2.55. The fraction of sp³-hybridized carbons (Fsp3) is 1.00. The molecule has 3 N–H and O–H groups in total. The highest BCUT2D eigenvalue weighted by atomic mass is 32.2. The van der Waals surface area contributed by atoms with E-state index in [9.17, 15) is 17.2 Å². The second-order valence-electron chi connectivity index (χ2n) is 4.47. The third-order valence-electron chi connectivity index (χ3n) is 3.06. The SMILES string of the molecule is CS(=O)(=O)N1CCCC(CC(NN)C(F)F)C1. The standard InChI is InChI=1S/C9H19F2N3O2S/c1-17(15,16)14-4-2-3-7(6-14)5-8(13-12)9(10)11/h7-9,13H,2-6,12H2,1H3. The van der Waals surface area contributed by atoms with Gasteiger partial charge in [0.2, 0.25) is 10.0 Å². The van der Waals surface area contributed by atoms with E-state index in [1.54, 1.807) is 0 Å². The van der Waals surface area contributed by atoms with Gasteiger partial charge < -0.3 is 0 Å². The normalized spacial score (nSPS) is 25.1. The molecule has 1 aliphatic heterocycles. The number of nitrogens with zero attached hydrogens (tertiary/aromatic N) is 1. The molecule has 0 amide bonds. The van der Waals surface area contributed by atoms with Crippen molar-refractivity contribution in [3.63, 3.8) is 0 Å². The molecule has 1 rings (SSSR count). The number of alkyl halides is 2. The van der Waals surface area contributed by atoms with E-state index in [0.717, 1.165) is 12.7 Å². The molecule has 1 fully saturated rings. The molecule has 1 aliphatic rings. The molecule has 1 heterocycles. The zero-order valence-electron chi connectivity index (χ0n) is 9.77. The van der Waals surface area contributed by atoms with E-state index in [1.807, 2.05) is 0 Å². The Labute approximate surface area is 100 Å². The minimum atomic E-state index is -3.23. The maximum atomic E-state index is 12.5. The van der Waals surface area contributed by atoms with Crippen LogP contribution in [-0.2, 0) is 10.0 Å². The van der Waals surface area contributed by atoms with Gasteiger partial charge in [-0.15, -0.1) is 0 Å². The molecule has 2 unspecified atom stereocenters. The topological polar surface area (TPSA) is 75.4 Å². The maximum Gasteiger partial charge on any atom is 0.255 e. The summed E-state index contributed by atoms with van der Waals surface area (Å²) < 4.78 is 49.1. The second-order valence-corrected chi connectivity index (χ2v) is 6.46. The van der Waals surface area contributed by atoms with Gasteiger partial charge in [0.05, 0.1) is 12.3 Å². The molecule has 0 aromatic rings. The fourth-order valence-corrected chi connectivity index (χ4v) is 3.07. The van der Waals surface area contributed by atoms with Crippen LogP contribution in [0.4, 0.5) is 8.78 Å². The van der Waals surface area contributed by atoms with Gasteiger partial charge in [-0.05, 0) is 25.2 Å². The Hall–Kier alpha value is -0.310. The van der Waals surface area contributed by atoms with Crippen LogP contribution in [0.3, 0.4) is 0 Å². The van der Waals surface area contributed by atoms with Crippen molar-refractivity contribution in [2.24, 2.45) is 11.8 Å². The van der Waals surface area contributed by atoms with Crippen LogP contribution in [0.5, 0.6) is 0 Å². The van der Waals surface area contributed by atoms with Crippen molar-refractivity contribution in [1.82, 2.24) is 9.73 Å². The first-order valence-corrected chi connectivity index (χ1v) is 7.39. The number of nitrogens with two attached hydrogens (primary N) is 1. The highest BCUT2D eigenvalue weighted by Gasteiger charge is 2.29. The Morgan fingerprint density at radius 2 is 2.18 bits per heavy atom. The van der Waals surface area contributed by atoms with Crippen LogP contribution in [-0.4, -0.2) is 44.5 Å². The third kappa shape index (κ3) is 4.46. The van der Waals surface area contributed by atoms with E-state index < -0.39 is 22.5 Å². The van der Waals surface area contributed by atoms with Gasteiger partial charge in [-0.1, -0.05) is 0 Å². The van der Waals surface area contributed by atoms with E-state index in [4.69, 9.17) is 5.84 Å². The number of hydrogen-bond donors (Lipinski definition) is 2. The van der Waals surface area contributed by atoms with Gasteiger partial charge in [0.15, 0.2) is 0 Å². The van der Waals surface area contributed by atoms with Crippen molar-refractivity contribution in [2.45, 2.75) is 31.7 Å². The van der Waals surface area contributed by atoms with Crippen LogP contribution in [0.15, 0.2) is 0 Å². The average Bonchev–Trinajstić information content (AvgIpc) is 2.24. The number of sulfonamides is 1. The number of halogens is 2. The molecule has 0 radical (unpaired) electrons. The molecule has 2 atom stereocenters. The van der Waals surface area contributed by atoms with Crippen molar-refractivity contribution in [1.29, 1.82) is 0 Å². The van der Waals surface area contributed by atoms with Crippen LogP contribution >= 0.6 is 0 Å². The number of piperidine rings is 1. The number of rotatable bonds is 5. The Morgan fingerprint density at radius 1 is 1.53 bits per heavy atom. The van der Waals surface area contributed by atoms with E-state index in [1.165, 1.54) is 4.31 Å². The zero-order chi connectivity index (χ0) is 13.1. The lowest BCUT2D eigenvalue weighted by Crippen LogP contribution is -2.45. The van der Waals surface area contributed by atoms with Gasteiger partial charge in [-0.25, -0.2) is 21.5 Å². The summed E-state index contributed by atoms with van der Waals surface area (Å²) in [5.41, 5.74) is 2.08. The molecule has 0 spiro atoms. The summed E-state index contributed by atoms with van der Waals surface area (Å²) in [4.78, 5) is 0. The third-order valence-corrected chi connectivity index (χ3v) is 4.33. The fourth-order valence-electron chi connectivity index (χ4n) is 2.12. The summed E-state index contributed by atoms with van der Waals surface area (Å²) in [5.74, 6) is 4.99. The minimum Gasteiger partial charge on any atom is -0.271 e. The monoisotopic (exact) mass is 271 g/mol.